The van der Waals surface area contributed by atoms with Gasteiger partial charge >= 0.3 is 0 Å². The number of imidazole rings is 1. The summed E-state index contributed by atoms with van der Waals surface area (Å²) in [5, 5.41) is 0. The van der Waals surface area contributed by atoms with E-state index in [2.05, 4.69) is 29.9 Å². The van der Waals surface area contributed by atoms with E-state index in [0.717, 1.165) is 31.8 Å². The maximum absolute atomic E-state index is 13.3. The van der Waals surface area contributed by atoms with Crippen LogP contribution in [0.3, 0.4) is 0 Å². The second-order valence-corrected chi connectivity index (χ2v) is 8.37. The Balaban J connectivity index is 1.96. The minimum Gasteiger partial charge on any atom is -0.284 e. The van der Waals surface area contributed by atoms with E-state index in [1.54, 1.807) is 12.1 Å². The number of nitrogens with zero attached hydrogens (tertiary/aromatic N) is 2. The summed E-state index contributed by atoms with van der Waals surface area (Å²) < 4.78 is 4.18. The molecule has 0 unspecified atom stereocenters. The molecule has 1 aliphatic carbocycles. The molecule has 0 bridgehead atoms. The normalized spacial score (nSPS) is 13.2. The zero-order valence-corrected chi connectivity index (χ0v) is 17.8. The van der Waals surface area contributed by atoms with Gasteiger partial charge in [0.05, 0.1) is 13.1 Å². The Bertz CT molecular complexity index is 877. The first kappa shape index (κ1) is 20.5. The van der Waals surface area contributed by atoms with Crippen LogP contribution in [0, 0.1) is 12.8 Å². The molecule has 3 rings (SSSR count). The summed E-state index contributed by atoms with van der Waals surface area (Å²) in [6, 6.07) is 7.23. The van der Waals surface area contributed by atoms with Crippen LogP contribution in [0.2, 0.25) is 0 Å². The lowest BCUT2D eigenvalue weighted by molar-refractivity contribution is -0.709. The predicted molar refractivity (Wildman–Crippen MR) is 111 cm³/mol. The highest BCUT2D eigenvalue weighted by Crippen LogP contribution is 2.27. The van der Waals surface area contributed by atoms with Crippen molar-refractivity contribution in [3.8, 4) is 0 Å². The lowest BCUT2D eigenvalue weighted by Crippen LogP contribution is -2.44. The van der Waals surface area contributed by atoms with Gasteiger partial charge in [-0.2, -0.15) is 0 Å². The van der Waals surface area contributed by atoms with Crippen LogP contribution in [0.15, 0.2) is 24.3 Å². The first-order valence-corrected chi connectivity index (χ1v) is 10.8. The Morgan fingerprint density at radius 2 is 1.54 bits per heavy atom. The van der Waals surface area contributed by atoms with Gasteiger partial charge in [0.25, 0.3) is 5.82 Å². The largest absolute Gasteiger partial charge is 0.284 e. The minimum atomic E-state index is -0.0179. The molecule has 0 saturated heterocycles. The van der Waals surface area contributed by atoms with Crippen molar-refractivity contribution in [2.24, 2.45) is 5.92 Å². The molecule has 4 heteroatoms. The molecule has 0 N–H and O–H groups in total. The second kappa shape index (κ2) is 8.85. The number of fused-ring (bicyclic) bond motifs is 2. The van der Waals surface area contributed by atoms with Crippen LogP contribution in [-0.4, -0.2) is 16.1 Å². The highest BCUT2D eigenvalue weighted by molar-refractivity contribution is 6.26. The SMILES string of the molecule is CCCCCCCCn1c2c([n+](CC(C)C)c1C)C(=O)c1ccccc1C2=O. The average Bonchev–Trinajstić information content (AvgIpc) is 2.94. The zero-order valence-electron chi connectivity index (χ0n) is 17.8. The first-order valence-electron chi connectivity index (χ1n) is 10.8. The third kappa shape index (κ3) is 3.82. The molecule has 28 heavy (non-hydrogen) atoms. The molecule has 2 aromatic rings. The quantitative estimate of drug-likeness (QED) is 0.392. The van der Waals surface area contributed by atoms with E-state index in [1.807, 2.05) is 19.1 Å². The fourth-order valence-corrected chi connectivity index (χ4v) is 4.23. The number of benzene rings is 1. The van der Waals surface area contributed by atoms with Crippen molar-refractivity contribution in [2.75, 3.05) is 0 Å². The summed E-state index contributed by atoms with van der Waals surface area (Å²) in [5.41, 5.74) is 2.25. The van der Waals surface area contributed by atoms with Crippen LogP contribution in [0.5, 0.6) is 0 Å². The van der Waals surface area contributed by atoms with Gasteiger partial charge in [0.1, 0.15) is 0 Å². The van der Waals surface area contributed by atoms with Crippen molar-refractivity contribution < 1.29 is 14.2 Å². The van der Waals surface area contributed by atoms with E-state index in [9.17, 15) is 9.59 Å². The Morgan fingerprint density at radius 3 is 2.18 bits per heavy atom. The third-order valence-corrected chi connectivity index (χ3v) is 5.67. The molecule has 0 saturated carbocycles. The standard InChI is InChI=1S/C24H33N2O2/c1-5-6-7-8-9-12-15-25-18(4)26(16-17(2)3)22-21(25)23(27)19-13-10-11-14-20(19)24(22)28/h10-11,13-14,17H,5-9,12,15-16H2,1-4H3/q+1. The van der Waals surface area contributed by atoms with Crippen molar-refractivity contribution in [3.05, 3.63) is 52.6 Å². The fraction of sp³-hybridized carbons (Fsp3) is 0.542. The van der Waals surface area contributed by atoms with E-state index in [0.29, 0.717) is 28.4 Å². The number of rotatable bonds is 9. The second-order valence-electron chi connectivity index (χ2n) is 8.37. The number of unbranched alkanes of at least 4 members (excludes halogenated alkanes) is 5. The van der Waals surface area contributed by atoms with E-state index in [-0.39, 0.29) is 11.6 Å². The summed E-state index contributed by atoms with van der Waals surface area (Å²) >= 11 is 0. The van der Waals surface area contributed by atoms with Gasteiger partial charge in [0.2, 0.25) is 23.0 Å². The van der Waals surface area contributed by atoms with Crippen molar-refractivity contribution in [1.29, 1.82) is 0 Å². The van der Waals surface area contributed by atoms with Crippen molar-refractivity contribution in [1.82, 2.24) is 4.57 Å². The molecule has 0 atom stereocenters. The van der Waals surface area contributed by atoms with Gasteiger partial charge in [-0.3, -0.25) is 9.59 Å². The van der Waals surface area contributed by atoms with Gasteiger partial charge in [0.15, 0.2) is 0 Å². The molecule has 1 heterocycles. The average molecular weight is 382 g/mol. The fourth-order valence-electron chi connectivity index (χ4n) is 4.23. The summed E-state index contributed by atoms with van der Waals surface area (Å²) in [6.45, 7) is 10.1. The summed E-state index contributed by atoms with van der Waals surface area (Å²) in [6.07, 6.45) is 7.24. The van der Waals surface area contributed by atoms with Crippen LogP contribution < -0.4 is 4.57 Å². The monoisotopic (exact) mass is 381 g/mol. The third-order valence-electron chi connectivity index (χ3n) is 5.67. The predicted octanol–water partition coefficient (Wildman–Crippen LogP) is 4.88. The number of ketones is 2. The molecular weight excluding hydrogens is 348 g/mol. The Hall–Kier alpha value is -2.23. The van der Waals surface area contributed by atoms with E-state index in [1.165, 1.54) is 25.7 Å². The highest BCUT2D eigenvalue weighted by Gasteiger charge is 2.42. The Kier molecular flexibility index (Phi) is 6.48. The lowest BCUT2D eigenvalue weighted by atomic mass is 9.89. The number of carbonyl (C=O) groups is 2. The lowest BCUT2D eigenvalue weighted by Gasteiger charge is -2.13. The molecule has 150 valence electrons. The van der Waals surface area contributed by atoms with Crippen LogP contribution in [-0.2, 0) is 13.1 Å². The molecule has 0 aliphatic heterocycles. The Morgan fingerprint density at radius 1 is 0.929 bits per heavy atom. The number of aromatic nitrogens is 2. The summed E-state index contributed by atoms with van der Waals surface area (Å²) in [4.78, 5) is 26.6. The number of carbonyl (C=O) groups excluding carboxylic acids is 2. The minimum absolute atomic E-state index is 0.0122. The zero-order chi connectivity index (χ0) is 20.3. The van der Waals surface area contributed by atoms with Gasteiger partial charge in [-0.15, -0.1) is 0 Å². The van der Waals surface area contributed by atoms with E-state index >= 15 is 0 Å². The van der Waals surface area contributed by atoms with Gasteiger partial charge in [-0.25, -0.2) is 9.13 Å². The summed E-state index contributed by atoms with van der Waals surface area (Å²) in [5.74, 6) is 1.39. The van der Waals surface area contributed by atoms with Gasteiger partial charge in [-0.05, 0) is 18.8 Å². The van der Waals surface area contributed by atoms with Crippen LogP contribution in [0.1, 0.15) is 97.2 Å². The molecule has 1 aromatic carbocycles. The van der Waals surface area contributed by atoms with Crippen molar-refractivity contribution in [2.45, 2.75) is 79.3 Å². The van der Waals surface area contributed by atoms with Crippen LogP contribution in [0.25, 0.3) is 0 Å². The molecule has 4 nitrogen and oxygen atoms in total. The molecular formula is C24H33N2O2+. The molecule has 1 aliphatic rings. The number of hydrogen-bond donors (Lipinski definition) is 0. The van der Waals surface area contributed by atoms with Gasteiger partial charge in [0, 0.05) is 18.1 Å². The van der Waals surface area contributed by atoms with Crippen LogP contribution >= 0.6 is 0 Å². The molecule has 0 spiro atoms. The molecule has 0 radical (unpaired) electrons. The maximum atomic E-state index is 13.3. The number of hydrogen-bond acceptors (Lipinski definition) is 2. The van der Waals surface area contributed by atoms with Crippen LogP contribution in [0.4, 0.5) is 0 Å². The topological polar surface area (TPSA) is 43.0 Å². The molecule has 1 aromatic heterocycles. The highest BCUT2D eigenvalue weighted by atomic mass is 16.1. The summed E-state index contributed by atoms with van der Waals surface area (Å²) in [7, 11) is 0. The first-order chi connectivity index (χ1) is 13.5. The van der Waals surface area contributed by atoms with E-state index < -0.39 is 0 Å². The maximum Gasteiger partial charge on any atom is 0.254 e. The van der Waals surface area contributed by atoms with E-state index in [4.69, 9.17) is 0 Å². The Labute approximate surface area is 168 Å². The van der Waals surface area contributed by atoms with Crippen molar-refractivity contribution in [3.63, 3.8) is 0 Å². The van der Waals surface area contributed by atoms with Gasteiger partial charge in [-0.1, -0.05) is 70.7 Å². The smallest absolute Gasteiger partial charge is 0.254 e. The van der Waals surface area contributed by atoms with Gasteiger partial charge < -0.3 is 0 Å². The van der Waals surface area contributed by atoms with Crippen molar-refractivity contribution >= 4 is 11.6 Å². The molecule has 0 amide bonds. The molecule has 0 fully saturated rings.